The maximum absolute atomic E-state index is 12.8. The molecule has 2 N–H and O–H groups in total. The first-order valence-electron chi connectivity index (χ1n) is 9.25. The van der Waals surface area contributed by atoms with Crippen LogP contribution >= 0.6 is 0 Å². The van der Waals surface area contributed by atoms with Crippen LogP contribution in [0.3, 0.4) is 0 Å². The summed E-state index contributed by atoms with van der Waals surface area (Å²) in [4.78, 5) is 22.0. The molecule has 0 bridgehead atoms. The molecule has 6 heteroatoms. The van der Waals surface area contributed by atoms with Gasteiger partial charge in [-0.1, -0.05) is 18.2 Å². The molecule has 1 saturated heterocycles. The van der Waals surface area contributed by atoms with E-state index in [0.29, 0.717) is 24.5 Å². The lowest BCUT2D eigenvalue weighted by Gasteiger charge is -2.32. The highest BCUT2D eigenvalue weighted by Crippen LogP contribution is 2.23. The van der Waals surface area contributed by atoms with E-state index in [4.69, 9.17) is 4.74 Å². The van der Waals surface area contributed by atoms with Gasteiger partial charge in [0, 0.05) is 31.5 Å². The molecule has 2 heterocycles. The first-order chi connectivity index (χ1) is 13.1. The Morgan fingerprint density at radius 2 is 2.04 bits per heavy atom. The lowest BCUT2D eigenvalue weighted by molar-refractivity contribution is 0.0594. The van der Waals surface area contributed by atoms with Crippen molar-refractivity contribution in [2.24, 2.45) is 0 Å². The van der Waals surface area contributed by atoms with Crippen LogP contribution < -0.4 is 4.74 Å². The third-order valence-corrected chi connectivity index (χ3v) is 5.04. The van der Waals surface area contributed by atoms with Gasteiger partial charge in [-0.2, -0.15) is 0 Å². The van der Waals surface area contributed by atoms with E-state index in [1.54, 1.807) is 12.1 Å². The van der Waals surface area contributed by atoms with Crippen molar-refractivity contribution >= 4 is 16.9 Å². The number of aliphatic hydroxyl groups excluding tert-OH is 1. The van der Waals surface area contributed by atoms with Crippen LogP contribution in [0.2, 0.25) is 0 Å². The molecule has 0 spiro atoms. The van der Waals surface area contributed by atoms with E-state index < -0.39 is 0 Å². The lowest BCUT2D eigenvalue weighted by Crippen LogP contribution is -2.41. The number of amides is 1. The zero-order valence-corrected chi connectivity index (χ0v) is 15.3. The van der Waals surface area contributed by atoms with Gasteiger partial charge in [0.2, 0.25) is 0 Å². The summed E-state index contributed by atoms with van der Waals surface area (Å²) in [5.41, 5.74) is 3.28. The number of piperidine rings is 1. The standard InChI is InChI=1S/C21H23N3O3/c1-14-4-2-3-5-19(14)27-16-8-10-24(11-9-16)21(26)15-6-7-17-18(12-15)23-20(13-25)22-17/h2-7,12,16,25H,8-11,13H2,1H3,(H,22,23). The SMILES string of the molecule is Cc1ccccc1OC1CCN(C(=O)c2ccc3nc(CO)[nH]c3c2)CC1. The number of nitrogens with one attached hydrogen (secondary N) is 1. The molecule has 0 aliphatic carbocycles. The summed E-state index contributed by atoms with van der Waals surface area (Å²) in [6.45, 7) is 3.25. The highest BCUT2D eigenvalue weighted by molar-refractivity contribution is 5.97. The first-order valence-corrected chi connectivity index (χ1v) is 9.25. The van der Waals surface area contributed by atoms with Crippen molar-refractivity contribution in [3.63, 3.8) is 0 Å². The Kier molecular flexibility index (Phi) is 4.81. The zero-order chi connectivity index (χ0) is 18.8. The number of hydrogen-bond donors (Lipinski definition) is 2. The zero-order valence-electron chi connectivity index (χ0n) is 15.3. The fourth-order valence-corrected chi connectivity index (χ4v) is 3.50. The number of likely N-dealkylation sites (tertiary alicyclic amines) is 1. The molecule has 6 nitrogen and oxygen atoms in total. The van der Waals surface area contributed by atoms with E-state index >= 15 is 0 Å². The number of fused-ring (bicyclic) bond motifs is 1. The fourth-order valence-electron chi connectivity index (χ4n) is 3.50. The summed E-state index contributed by atoms with van der Waals surface area (Å²) in [6.07, 6.45) is 1.78. The Hall–Kier alpha value is -2.86. The third-order valence-electron chi connectivity index (χ3n) is 5.04. The van der Waals surface area contributed by atoms with Crippen molar-refractivity contribution < 1.29 is 14.6 Å². The van der Waals surface area contributed by atoms with Crippen molar-refractivity contribution in [1.29, 1.82) is 0 Å². The number of aryl methyl sites for hydroxylation is 1. The molecule has 2 aromatic carbocycles. The topological polar surface area (TPSA) is 78.4 Å². The molecule has 1 fully saturated rings. The van der Waals surface area contributed by atoms with Gasteiger partial charge in [-0.15, -0.1) is 0 Å². The quantitative estimate of drug-likeness (QED) is 0.745. The van der Waals surface area contributed by atoms with Gasteiger partial charge in [0.1, 0.15) is 24.3 Å². The first kappa shape index (κ1) is 17.5. The molecule has 140 valence electrons. The van der Waals surface area contributed by atoms with Crippen molar-refractivity contribution in [3.8, 4) is 5.75 Å². The van der Waals surface area contributed by atoms with Gasteiger partial charge in [-0.25, -0.2) is 4.98 Å². The van der Waals surface area contributed by atoms with Gasteiger partial charge in [0.05, 0.1) is 11.0 Å². The fraction of sp³-hybridized carbons (Fsp3) is 0.333. The Bertz CT molecular complexity index is 958. The van der Waals surface area contributed by atoms with Crippen LogP contribution in [0, 0.1) is 6.92 Å². The second-order valence-electron chi connectivity index (χ2n) is 6.95. The molecule has 0 unspecified atom stereocenters. The van der Waals surface area contributed by atoms with Crippen LogP contribution in [0.25, 0.3) is 11.0 Å². The van der Waals surface area contributed by atoms with Crippen molar-refractivity contribution in [3.05, 3.63) is 59.4 Å². The molecule has 1 aliphatic rings. The minimum atomic E-state index is -0.146. The maximum Gasteiger partial charge on any atom is 0.253 e. The number of imidazole rings is 1. The van der Waals surface area contributed by atoms with Crippen molar-refractivity contribution in [2.75, 3.05) is 13.1 Å². The number of H-pyrrole nitrogens is 1. The lowest BCUT2D eigenvalue weighted by atomic mass is 10.1. The van der Waals surface area contributed by atoms with E-state index in [1.165, 1.54) is 0 Å². The number of carbonyl (C=O) groups is 1. The number of aliphatic hydroxyl groups is 1. The van der Waals surface area contributed by atoms with Gasteiger partial charge >= 0.3 is 0 Å². The Balaban J connectivity index is 1.40. The molecule has 27 heavy (non-hydrogen) atoms. The minimum Gasteiger partial charge on any atom is -0.490 e. The number of benzene rings is 2. The van der Waals surface area contributed by atoms with Crippen LogP contribution in [0.1, 0.15) is 34.6 Å². The molecule has 1 aromatic heterocycles. The van der Waals surface area contributed by atoms with Crippen molar-refractivity contribution in [1.82, 2.24) is 14.9 Å². The molecule has 0 radical (unpaired) electrons. The molecule has 1 aliphatic heterocycles. The Morgan fingerprint density at radius 3 is 2.78 bits per heavy atom. The van der Waals surface area contributed by atoms with E-state index in [9.17, 15) is 9.90 Å². The molecular formula is C21H23N3O3. The summed E-state index contributed by atoms with van der Waals surface area (Å²) in [5.74, 6) is 1.45. The smallest absolute Gasteiger partial charge is 0.253 e. The monoisotopic (exact) mass is 365 g/mol. The van der Waals surface area contributed by atoms with Gasteiger partial charge < -0.3 is 19.7 Å². The number of ether oxygens (including phenoxy) is 1. The van der Waals surface area contributed by atoms with Crippen LogP contribution in [-0.2, 0) is 6.61 Å². The maximum atomic E-state index is 12.8. The Labute approximate surface area is 157 Å². The van der Waals surface area contributed by atoms with E-state index in [1.807, 2.05) is 42.2 Å². The number of rotatable bonds is 4. The average molecular weight is 365 g/mol. The normalized spacial score (nSPS) is 15.3. The summed E-state index contributed by atoms with van der Waals surface area (Å²) < 4.78 is 6.12. The molecule has 0 atom stereocenters. The number of aromatic amines is 1. The number of carbonyl (C=O) groups excluding carboxylic acids is 1. The van der Waals surface area contributed by atoms with Gasteiger partial charge in [-0.05, 0) is 36.8 Å². The number of nitrogens with zero attached hydrogens (tertiary/aromatic N) is 2. The largest absolute Gasteiger partial charge is 0.490 e. The summed E-state index contributed by atoms with van der Waals surface area (Å²) in [6, 6.07) is 13.4. The summed E-state index contributed by atoms with van der Waals surface area (Å²) in [5, 5.41) is 9.19. The molecule has 3 aromatic rings. The van der Waals surface area contributed by atoms with Gasteiger partial charge in [0.25, 0.3) is 5.91 Å². The minimum absolute atomic E-state index is 0.0198. The van der Waals surface area contributed by atoms with Crippen LogP contribution in [0.15, 0.2) is 42.5 Å². The third kappa shape index (κ3) is 3.66. The van der Waals surface area contributed by atoms with Crippen molar-refractivity contribution in [2.45, 2.75) is 32.5 Å². The number of para-hydroxylation sites is 1. The Morgan fingerprint density at radius 1 is 1.26 bits per heavy atom. The molecule has 0 saturated carbocycles. The van der Waals surface area contributed by atoms with Gasteiger partial charge in [-0.3, -0.25) is 4.79 Å². The van der Waals surface area contributed by atoms with Crippen LogP contribution in [-0.4, -0.2) is 45.1 Å². The highest BCUT2D eigenvalue weighted by atomic mass is 16.5. The van der Waals surface area contributed by atoms with E-state index in [-0.39, 0.29) is 18.6 Å². The van der Waals surface area contributed by atoms with E-state index in [2.05, 4.69) is 9.97 Å². The predicted octanol–water partition coefficient (Wildman–Crippen LogP) is 3.05. The molecule has 4 rings (SSSR count). The van der Waals surface area contributed by atoms with E-state index in [0.717, 1.165) is 35.2 Å². The average Bonchev–Trinajstić information content (AvgIpc) is 3.12. The van der Waals surface area contributed by atoms with Gasteiger partial charge in [0.15, 0.2) is 0 Å². The van der Waals surface area contributed by atoms with Crippen LogP contribution in [0.5, 0.6) is 5.75 Å². The summed E-state index contributed by atoms with van der Waals surface area (Å²) in [7, 11) is 0. The number of aromatic nitrogens is 2. The highest BCUT2D eigenvalue weighted by Gasteiger charge is 2.25. The second-order valence-corrected chi connectivity index (χ2v) is 6.95. The second kappa shape index (κ2) is 7.40. The number of hydrogen-bond acceptors (Lipinski definition) is 4. The molecular weight excluding hydrogens is 342 g/mol. The molecule has 1 amide bonds. The predicted molar refractivity (Wildman–Crippen MR) is 103 cm³/mol. The summed E-state index contributed by atoms with van der Waals surface area (Å²) >= 11 is 0. The van der Waals surface area contributed by atoms with Crippen LogP contribution in [0.4, 0.5) is 0 Å².